The van der Waals surface area contributed by atoms with Crippen LogP contribution in [0, 0.1) is 5.41 Å². The van der Waals surface area contributed by atoms with E-state index in [-0.39, 0.29) is 5.75 Å². The van der Waals surface area contributed by atoms with Crippen molar-refractivity contribution < 1.29 is 9.84 Å². The molecule has 20 heavy (non-hydrogen) atoms. The molecule has 2 fully saturated rings. The molecule has 0 aromatic heterocycles. The first-order valence-electron chi connectivity index (χ1n) is 7.79. The van der Waals surface area contributed by atoms with Crippen molar-refractivity contribution in [2.75, 3.05) is 20.2 Å². The fourth-order valence-corrected chi connectivity index (χ4v) is 3.90. The number of piperidine rings is 1. The Morgan fingerprint density at radius 2 is 1.85 bits per heavy atom. The van der Waals surface area contributed by atoms with Gasteiger partial charge in [0.05, 0.1) is 7.11 Å². The second-order valence-electron chi connectivity index (χ2n) is 6.49. The van der Waals surface area contributed by atoms with Crippen LogP contribution >= 0.6 is 0 Å². The number of methoxy groups -OCH3 is 1. The smallest absolute Gasteiger partial charge is 0.160 e. The molecule has 1 spiro atoms. The van der Waals surface area contributed by atoms with Gasteiger partial charge in [0.15, 0.2) is 11.5 Å². The lowest BCUT2D eigenvalue weighted by Crippen LogP contribution is -2.38. The monoisotopic (exact) mass is 275 g/mol. The van der Waals surface area contributed by atoms with Gasteiger partial charge in [0.25, 0.3) is 0 Å². The average molecular weight is 275 g/mol. The van der Waals surface area contributed by atoms with Crippen LogP contribution in [0.1, 0.15) is 44.1 Å². The number of aromatic hydroxyl groups is 1. The van der Waals surface area contributed by atoms with Crippen molar-refractivity contribution in [3.63, 3.8) is 0 Å². The Bertz CT molecular complexity index is 456. The van der Waals surface area contributed by atoms with Crippen molar-refractivity contribution in [2.24, 2.45) is 5.41 Å². The Morgan fingerprint density at radius 1 is 1.15 bits per heavy atom. The van der Waals surface area contributed by atoms with Gasteiger partial charge in [-0.05, 0) is 61.9 Å². The first-order valence-corrected chi connectivity index (χ1v) is 7.79. The molecule has 1 saturated carbocycles. The number of phenols is 1. The molecule has 0 atom stereocenters. The highest BCUT2D eigenvalue weighted by molar-refractivity contribution is 5.41. The van der Waals surface area contributed by atoms with Crippen LogP contribution in [0.4, 0.5) is 0 Å². The summed E-state index contributed by atoms with van der Waals surface area (Å²) in [4.78, 5) is 2.52. The summed E-state index contributed by atoms with van der Waals surface area (Å²) in [5, 5.41) is 9.84. The molecule has 110 valence electrons. The number of nitrogens with zero attached hydrogens (tertiary/aromatic N) is 1. The van der Waals surface area contributed by atoms with Crippen LogP contribution < -0.4 is 4.74 Å². The number of ether oxygens (including phenoxy) is 1. The highest BCUT2D eigenvalue weighted by atomic mass is 16.5. The predicted octanol–water partition coefficient (Wildman–Crippen LogP) is 3.56. The number of benzene rings is 1. The molecule has 3 heteroatoms. The zero-order chi connectivity index (χ0) is 14.0. The van der Waals surface area contributed by atoms with Gasteiger partial charge >= 0.3 is 0 Å². The van der Waals surface area contributed by atoms with Crippen LogP contribution in [0.15, 0.2) is 18.2 Å². The molecule has 1 saturated heterocycles. The lowest BCUT2D eigenvalue weighted by atomic mass is 9.77. The minimum absolute atomic E-state index is 0.245. The first-order chi connectivity index (χ1) is 9.71. The summed E-state index contributed by atoms with van der Waals surface area (Å²) < 4.78 is 5.09. The van der Waals surface area contributed by atoms with E-state index in [0.717, 1.165) is 6.54 Å². The second-order valence-corrected chi connectivity index (χ2v) is 6.49. The van der Waals surface area contributed by atoms with Gasteiger partial charge in [-0.2, -0.15) is 0 Å². The molecule has 1 N–H and O–H groups in total. The van der Waals surface area contributed by atoms with Crippen LogP contribution in [0.3, 0.4) is 0 Å². The number of phenolic OH excluding ortho intramolecular Hbond substituents is 1. The zero-order valence-electron chi connectivity index (χ0n) is 12.4. The molecule has 0 bridgehead atoms. The fourth-order valence-electron chi connectivity index (χ4n) is 3.90. The largest absolute Gasteiger partial charge is 0.504 e. The van der Waals surface area contributed by atoms with Crippen molar-refractivity contribution in [3.05, 3.63) is 23.8 Å². The van der Waals surface area contributed by atoms with Gasteiger partial charge in [-0.1, -0.05) is 18.9 Å². The Morgan fingerprint density at radius 3 is 2.45 bits per heavy atom. The maximum Gasteiger partial charge on any atom is 0.160 e. The summed E-state index contributed by atoms with van der Waals surface area (Å²) in [6.07, 6.45) is 8.48. The molecular weight excluding hydrogens is 250 g/mol. The summed E-state index contributed by atoms with van der Waals surface area (Å²) in [6, 6.07) is 5.74. The van der Waals surface area contributed by atoms with Crippen molar-refractivity contribution in [3.8, 4) is 11.5 Å². The van der Waals surface area contributed by atoms with E-state index in [1.54, 1.807) is 7.11 Å². The van der Waals surface area contributed by atoms with Crippen molar-refractivity contribution in [1.82, 2.24) is 4.90 Å². The molecule has 0 radical (unpaired) electrons. The van der Waals surface area contributed by atoms with E-state index in [2.05, 4.69) is 11.0 Å². The zero-order valence-corrected chi connectivity index (χ0v) is 12.4. The van der Waals surface area contributed by atoms with Crippen LogP contribution in [0.5, 0.6) is 11.5 Å². The van der Waals surface area contributed by atoms with Crippen molar-refractivity contribution >= 4 is 0 Å². The minimum Gasteiger partial charge on any atom is -0.504 e. The summed E-state index contributed by atoms with van der Waals surface area (Å²) in [5.74, 6) is 0.798. The van der Waals surface area contributed by atoms with E-state index in [9.17, 15) is 5.11 Å². The maximum absolute atomic E-state index is 9.84. The Kier molecular flexibility index (Phi) is 3.88. The first kappa shape index (κ1) is 13.7. The standard InChI is InChI=1S/C17H25NO2/c1-20-16-5-4-14(12-15(16)19)13-18-10-8-17(9-11-18)6-2-3-7-17/h4-5,12,19H,2-3,6-11,13H2,1H3. The van der Waals surface area contributed by atoms with E-state index in [1.165, 1.54) is 57.2 Å². The summed E-state index contributed by atoms with van der Waals surface area (Å²) in [5.41, 5.74) is 1.85. The quantitative estimate of drug-likeness (QED) is 0.915. The highest BCUT2D eigenvalue weighted by Crippen LogP contribution is 2.46. The van der Waals surface area contributed by atoms with Gasteiger partial charge in [0.1, 0.15) is 0 Å². The van der Waals surface area contributed by atoms with Crippen LogP contribution in [-0.2, 0) is 6.54 Å². The minimum atomic E-state index is 0.245. The van der Waals surface area contributed by atoms with E-state index in [4.69, 9.17) is 4.74 Å². The Labute approximate surface area is 121 Å². The van der Waals surface area contributed by atoms with Gasteiger partial charge in [0, 0.05) is 6.54 Å². The molecule has 1 heterocycles. The van der Waals surface area contributed by atoms with Crippen LogP contribution in [-0.4, -0.2) is 30.2 Å². The molecule has 0 amide bonds. The summed E-state index contributed by atoms with van der Waals surface area (Å²) in [7, 11) is 1.58. The molecule has 1 aromatic rings. The van der Waals surface area contributed by atoms with E-state index >= 15 is 0 Å². The summed E-state index contributed by atoms with van der Waals surface area (Å²) >= 11 is 0. The van der Waals surface area contributed by atoms with Gasteiger partial charge in [0.2, 0.25) is 0 Å². The van der Waals surface area contributed by atoms with Gasteiger partial charge < -0.3 is 9.84 Å². The molecule has 2 aliphatic rings. The Hall–Kier alpha value is -1.22. The average Bonchev–Trinajstić information content (AvgIpc) is 2.90. The number of hydrogen-bond acceptors (Lipinski definition) is 3. The van der Waals surface area contributed by atoms with E-state index in [0.29, 0.717) is 11.2 Å². The van der Waals surface area contributed by atoms with E-state index < -0.39 is 0 Å². The molecule has 3 rings (SSSR count). The third-order valence-corrected chi connectivity index (χ3v) is 5.23. The number of rotatable bonds is 3. The number of likely N-dealkylation sites (tertiary alicyclic amines) is 1. The molecular formula is C17H25NO2. The molecule has 1 aliphatic carbocycles. The predicted molar refractivity (Wildman–Crippen MR) is 80.1 cm³/mol. The second kappa shape index (κ2) is 5.65. The van der Waals surface area contributed by atoms with Gasteiger partial charge in [-0.3, -0.25) is 4.90 Å². The molecule has 0 unspecified atom stereocenters. The molecule has 1 aliphatic heterocycles. The highest BCUT2D eigenvalue weighted by Gasteiger charge is 2.36. The van der Waals surface area contributed by atoms with Gasteiger partial charge in [-0.25, -0.2) is 0 Å². The van der Waals surface area contributed by atoms with E-state index in [1.807, 2.05) is 12.1 Å². The molecule has 1 aromatic carbocycles. The lowest BCUT2D eigenvalue weighted by molar-refractivity contribution is 0.103. The maximum atomic E-state index is 9.84. The Balaban J connectivity index is 1.58. The fraction of sp³-hybridized carbons (Fsp3) is 0.647. The van der Waals surface area contributed by atoms with Crippen LogP contribution in [0.25, 0.3) is 0 Å². The number of hydrogen-bond donors (Lipinski definition) is 1. The van der Waals surface area contributed by atoms with Crippen molar-refractivity contribution in [1.29, 1.82) is 0 Å². The van der Waals surface area contributed by atoms with Gasteiger partial charge in [-0.15, -0.1) is 0 Å². The normalized spacial score (nSPS) is 22.2. The third-order valence-electron chi connectivity index (χ3n) is 5.23. The van der Waals surface area contributed by atoms with Crippen LogP contribution in [0.2, 0.25) is 0 Å². The van der Waals surface area contributed by atoms with Crippen molar-refractivity contribution in [2.45, 2.75) is 45.1 Å². The lowest BCUT2D eigenvalue weighted by Gasteiger charge is -2.39. The molecule has 3 nitrogen and oxygen atoms in total. The topological polar surface area (TPSA) is 32.7 Å². The summed E-state index contributed by atoms with van der Waals surface area (Å²) in [6.45, 7) is 3.34. The SMILES string of the molecule is COc1ccc(CN2CCC3(CCCC3)CC2)cc1O. The third kappa shape index (κ3) is 2.78.